The predicted molar refractivity (Wildman–Crippen MR) is 52.9 cm³/mol. The molecule has 9 nitrogen and oxygen atoms in total. The quantitative estimate of drug-likeness (QED) is 0.187. The largest absolute Gasteiger partial charge is 0.439 e. The van der Waals surface area contributed by atoms with E-state index in [0.29, 0.717) is 5.01 Å². The number of esters is 2. The lowest BCUT2D eigenvalue weighted by molar-refractivity contribution is -0.663. The second-order valence-corrected chi connectivity index (χ2v) is 2.89. The zero-order valence-corrected chi connectivity index (χ0v) is 9.58. The standard InChI is InChI=1S/C8H14N2O7/c1-7(11)16-5-9(10(13)14)3-4-15-6-17-8(2)12/h3-6H2,1-2H3. The van der Waals surface area contributed by atoms with Crippen molar-refractivity contribution < 1.29 is 28.8 Å². The Kier molecular flexibility index (Phi) is 7.35. The first kappa shape index (κ1) is 15.1. The Labute approximate surface area is 97.3 Å². The Hall–Kier alpha value is -1.90. The maximum absolute atomic E-state index is 10.5. The summed E-state index contributed by atoms with van der Waals surface area (Å²) in [6.07, 6.45) is 0. The zero-order valence-electron chi connectivity index (χ0n) is 9.58. The summed E-state index contributed by atoms with van der Waals surface area (Å²) in [4.78, 5) is 31.3. The minimum Gasteiger partial charge on any atom is -0.439 e. The highest BCUT2D eigenvalue weighted by Crippen LogP contribution is 1.91. The van der Waals surface area contributed by atoms with E-state index >= 15 is 0 Å². The monoisotopic (exact) mass is 250 g/mol. The number of hydrazine groups is 1. The van der Waals surface area contributed by atoms with Gasteiger partial charge in [0.15, 0.2) is 11.8 Å². The fraction of sp³-hybridized carbons (Fsp3) is 0.750. The summed E-state index contributed by atoms with van der Waals surface area (Å²) in [5.74, 6) is -1.12. The topological polar surface area (TPSA) is 108 Å². The van der Waals surface area contributed by atoms with Crippen molar-refractivity contribution in [3.63, 3.8) is 0 Å². The molecule has 0 aliphatic heterocycles. The van der Waals surface area contributed by atoms with Crippen molar-refractivity contribution >= 4 is 11.9 Å². The van der Waals surface area contributed by atoms with Crippen molar-refractivity contribution in [3.05, 3.63) is 10.1 Å². The van der Waals surface area contributed by atoms with E-state index in [9.17, 15) is 19.7 Å². The molecule has 0 aliphatic rings. The summed E-state index contributed by atoms with van der Waals surface area (Å²) in [6, 6.07) is 0. The molecule has 0 saturated carbocycles. The molecule has 0 N–H and O–H groups in total. The molecule has 0 heterocycles. The van der Waals surface area contributed by atoms with Crippen molar-refractivity contribution in [1.29, 1.82) is 0 Å². The van der Waals surface area contributed by atoms with Gasteiger partial charge in [-0.05, 0) is 0 Å². The molecule has 98 valence electrons. The maximum Gasteiger partial charge on any atom is 0.304 e. The number of ether oxygens (including phenoxy) is 3. The van der Waals surface area contributed by atoms with Crippen LogP contribution in [0.1, 0.15) is 13.8 Å². The molecule has 17 heavy (non-hydrogen) atoms. The second kappa shape index (κ2) is 8.28. The Morgan fingerprint density at radius 3 is 2.29 bits per heavy atom. The third-order valence-electron chi connectivity index (χ3n) is 1.49. The molecular formula is C8H14N2O7. The van der Waals surface area contributed by atoms with Gasteiger partial charge in [-0.25, -0.2) is 10.1 Å². The summed E-state index contributed by atoms with van der Waals surface area (Å²) in [6.45, 7) is 1.51. The highest BCUT2D eigenvalue weighted by Gasteiger charge is 2.15. The number of rotatable bonds is 8. The van der Waals surface area contributed by atoms with Crippen LogP contribution in [0, 0.1) is 10.1 Å². The fourth-order valence-corrected chi connectivity index (χ4v) is 0.712. The van der Waals surface area contributed by atoms with Crippen LogP contribution in [-0.2, 0) is 23.8 Å². The van der Waals surface area contributed by atoms with E-state index in [4.69, 9.17) is 4.74 Å². The van der Waals surface area contributed by atoms with E-state index in [1.807, 2.05) is 0 Å². The SMILES string of the molecule is CC(=O)OCOCCN(COC(C)=O)[N+](=O)[O-]. The third-order valence-corrected chi connectivity index (χ3v) is 1.49. The fourth-order valence-electron chi connectivity index (χ4n) is 0.712. The molecule has 0 spiro atoms. The highest BCUT2D eigenvalue weighted by atomic mass is 16.7. The van der Waals surface area contributed by atoms with Crippen molar-refractivity contribution in [2.24, 2.45) is 0 Å². The molecule has 0 atom stereocenters. The zero-order chi connectivity index (χ0) is 13.3. The molecular weight excluding hydrogens is 236 g/mol. The number of nitro groups is 1. The summed E-state index contributed by atoms with van der Waals surface area (Å²) < 4.78 is 13.7. The van der Waals surface area contributed by atoms with Gasteiger partial charge in [-0.15, -0.1) is 0 Å². The van der Waals surface area contributed by atoms with Gasteiger partial charge in [-0.3, -0.25) is 9.59 Å². The van der Waals surface area contributed by atoms with Crippen LogP contribution in [0.5, 0.6) is 0 Å². The molecule has 0 aliphatic carbocycles. The minimum absolute atomic E-state index is 0.0322. The number of carbonyl (C=O) groups is 2. The molecule has 0 aromatic heterocycles. The van der Waals surface area contributed by atoms with Gasteiger partial charge in [0, 0.05) is 13.8 Å². The van der Waals surface area contributed by atoms with Crippen LogP contribution in [0.15, 0.2) is 0 Å². The first-order chi connectivity index (χ1) is 7.93. The van der Waals surface area contributed by atoms with Gasteiger partial charge < -0.3 is 14.2 Å². The Morgan fingerprint density at radius 1 is 1.24 bits per heavy atom. The van der Waals surface area contributed by atoms with Gasteiger partial charge in [0.25, 0.3) is 0 Å². The van der Waals surface area contributed by atoms with Crippen molar-refractivity contribution in [2.75, 3.05) is 26.7 Å². The lowest BCUT2D eigenvalue weighted by Gasteiger charge is -2.13. The van der Waals surface area contributed by atoms with Crippen LogP contribution in [0.3, 0.4) is 0 Å². The smallest absolute Gasteiger partial charge is 0.304 e. The molecule has 0 unspecified atom stereocenters. The van der Waals surface area contributed by atoms with Crippen LogP contribution < -0.4 is 0 Å². The summed E-state index contributed by atoms with van der Waals surface area (Å²) in [7, 11) is 0. The van der Waals surface area contributed by atoms with Crippen LogP contribution in [0.4, 0.5) is 0 Å². The van der Waals surface area contributed by atoms with E-state index in [0.717, 1.165) is 6.92 Å². The van der Waals surface area contributed by atoms with Gasteiger partial charge in [0.2, 0.25) is 6.73 Å². The molecule has 0 bridgehead atoms. The van der Waals surface area contributed by atoms with Gasteiger partial charge in [-0.2, -0.15) is 0 Å². The van der Waals surface area contributed by atoms with Crippen LogP contribution in [-0.4, -0.2) is 48.7 Å². The van der Waals surface area contributed by atoms with Crippen molar-refractivity contribution in [2.45, 2.75) is 13.8 Å². The molecule has 0 saturated heterocycles. The van der Waals surface area contributed by atoms with Crippen molar-refractivity contribution in [3.8, 4) is 0 Å². The van der Waals surface area contributed by atoms with Gasteiger partial charge >= 0.3 is 11.9 Å². The first-order valence-corrected chi connectivity index (χ1v) is 4.67. The summed E-state index contributed by atoms with van der Waals surface area (Å²) in [5, 5.41) is 10.4. The molecule has 0 fully saturated rings. The Morgan fingerprint density at radius 2 is 1.82 bits per heavy atom. The maximum atomic E-state index is 10.5. The first-order valence-electron chi connectivity index (χ1n) is 4.67. The lowest BCUT2D eigenvalue weighted by atomic mass is 10.7. The third kappa shape index (κ3) is 9.05. The van der Waals surface area contributed by atoms with Gasteiger partial charge in [0.1, 0.15) is 6.54 Å². The molecule has 0 aromatic carbocycles. The minimum atomic E-state index is -0.710. The second-order valence-electron chi connectivity index (χ2n) is 2.89. The highest BCUT2D eigenvalue weighted by molar-refractivity contribution is 5.66. The predicted octanol–water partition coefficient (Wildman–Crippen LogP) is -0.462. The van der Waals surface area contributed by atoms with Crippen LogP contribution >= 0.6 is 0 Å². The van der Waals surface area contributed by atoms with Crippen molar-refractivity contribution in [1.82, 2.24) is 5.01 Å². The van der Waals surface area contributed by atoms with E-state index < -0.39 is 23.7 Å². The van der Waals surface area contributed by atoms with Crippen LogP contribution in [0.2, 0.25) is 0 Å². The average molecular weight is 250 g/mol. The summed E-state index contributed by atoms with van der Waals surface area (Å²) >= 11 is 0. The van der Waals surface area contributed by atoms with E-state index in [-0.39, 0.29) is 19.9 Å². The molecule has 0 rings (SSSR count). The van der Waals surface area contributed by atoms with E-state index in [1.54, 1.807) is 0 Å². The molecule has 0 amide bonds. The number of carbonyl (C=O) groups excluding carboxylic acids is 2. The number of nitrogens with zero attached hydrogens (tertiary/aromatic N) is 2. The molecule has 0 radical (unpaired) electrons. The van der Waals surface area contributed by atoms with E-state index in [1.165, 1.54) is 6.92 Å². The Balaban J connectivity index is 3.74. The van der Waals surface area contributed by atoms with Gasteiger partial charge in [0.05, 0.1) is 6.61 Å². The van der Waals surface area contributed by atoms with Crippen LogP contribution in [0.25, 0.3) is 0 Å². The lowest BCUT2D eigenvalue weighted by Crippen LogP contribution is -2.36. The number of hydrogen-bond donors (Lipinski definition) is 0. The summed E-state index contributed by atoms with van der Waals surface area (Å²) in [5.41, 5.74) is 0. The molecule has 0 aromatic rings. The van der Waals surface area contributed by atoms with E-state index in [2.05, 4.69) is 9.47 Å². The normalized spacial score (nSPS) is 9.53. The number of hydrogen-bond acceptors (Lipinski definition) is 7. The van der Waals surface area contributed by atoms with Gasteiger partial charge in [-0.1, -0.05) is 5.01 Å². The molecule has 9 heteroatoms. The average Bonchev–Trinajstić information content (AvgIpc) is 2.20. The Bertz CT molecular complexity index is 281.